The van der Waals surface area contributed by atoms with Crippen molar-refractivity contribution in [2.75, 3.05) is 19.6 Å². The fourth-order valence-corrected chi connectivity index (χ4v) is 3.78. The Hall–Kier alpha value is -0.130. The van der Waals surface area contributed by atoms with Crippen LogP contribution in [0.1, 0.15) is 32.4 Å². The molecule has 5 heteroatoms. The van der Waals surface area contributed by atoms with E-state index in [4.69, 9.17) is 22.1 Å². The molecule has 2 atom stereocenters. The summed E-state index contributed by atoms with van der Waals surface area (Å²) in [6.45, 7) is 8.61. The highest BCUT2D eigenvalue weighted by Gasteiger charge is 2.35. The van der Waals surface area contributed by atoms with Gasteiger partial charge >= 0.3 is 0 Å². The van der Waals surface area contributed by atoms with Gasteiger partial charge in [-0.15, -0.1) is 0 Å². The Morgan fingerprint density at radius 1 is 1.55 bits per heavy atom. The van der Waals surface area contributed by atoms with Crippen molar-refractivity contribution in [3.63, 3.8) is 0 Å². The molecule has 2 unspecified atom stereocenters. The maximum atomic E-state index is 6.39. The van der Waals surface area contributed by atoms with Gasteiger partial charge in [-0.05, 0) is 38.5 Å². The molecule has 2 rings (SSSR count). The lowest BCUT2D eigenvalue weighted by Gasteiger charge is -2.45. The monoisotopic (exact) mass is 360 g/mol. The Kier molecular flexibility index (Phi) is 5.14. The molecule has 0 saturated carbocycles. The minimum absolute atomic E-state index is 0.126. The molecule has 1 aliphatic heterocycles. The number of nitrogens with zero attached hydrogens (tertiary/aromatic N) is 1. The number of ether oxygens (including phenoxy) is 1. The van der Waals surface area contributed by atoms with Crippen LogP contribution in [0.2, 0.25) is 5.02 Å². The third-order valence-corrected chi connectivity index (χ3v) is 4.40. The summed E-state index contributed by atoms with van der Waals surface area (Å²) in [6, 6.07) is 6.12. The highest BCUT2D eigenvalue weighted by molar-refractivity contribution is 9.10. The van der Waals surface area contributed by atoms with Gasteiger partial charge in [-0.3, -0.25) is 4.90 Å². The molecule has 0 radical (unpaired) electrons. The standard InChI is InChI=1S/C15H22BrClN2O/c1-10-8-19(9-15(2,3)20-10)14(7-18)12-5-4-11(16)6-13(12)17/h4-6,10,14H,7-9,18H2,1-3H3. The van der Waals surface area contributed by atoms with Gasteiger partial charge < -0.3 is 10.5 Å². The highest BCUT2D eigenvalue weighted by Crippen LogP contribution is 2.33. The van der Waals surface area contributed by atoms with Crippen LogP contribution in [0.25, 0.3) is 0 Å². The van der Waals surface area contributed by atoms with E-state index in [0.717, 1.165) is 28.1 Å². The van der Waals surface area contributed by atoms with Crippen molar-refractivity contribution in [3.05, 3.63) is 33.3 Å². The summed E-state index contributed by atoms with van der Waals surface area (Å²) in [5, 5.41) is 0.756. The van der Waals surface area contributed by atoms with Crippen LogP contribution in [0, 0.1) is 0 Å². The van der Waals surface area contributed by atoms with E-state index in [1.807, 2.05) is 12.1 Å². The molecule has 20 heavy (non-hydrogen) atoms. The zero-order valence-corrected chi connectivity index (χ0v) is 14.5. The number of hydrogen-bond acceptors (Lipinski definition) is 3. The van der Waals surface area contributed by atoms with Crippen LogP contribution in [0.5, 0.6) is 0 Å². The average molecular weight is 362 g/mol. The zero-order chi connectivity index (χ0) is 14.9. The molecule has 1 aliphatic rings. The molecule has 0 aliphatic carbocycles. The minimum atomic E-state index is -0.160. The quantitative estimate of drug-likeness (QED) is 0.894. The first kappa shape index (κ1) is 16.2. The van der Waals surface area contributed by atoms with Crippen molar-refractivity contribution >= 4 is 27.5 Å². The number of morpholine rings is 1. The van der Waals surface area contributed by atoms with Crippen LogP contribution in [-0.2, 0) is 4.74 Å². The van der Waals surface area contributed by atoms with Gasteiger partial charge in [0.2, 0.25) is 0 Å². The lowest BCUT2D eigenvalue weighted by atomic mass is 9.99. The Labute approximate surface area is 134 Å². The normalized spacial score (nSPS) is 24.6. The smallest absolute Gasteiger partial charge is 0.0757 e. The van der Waals surface area contributed by atoms with E-state index in [2.05, 4.69) is 47.7 Å². The summed E-state index contributed by atoms with van der Waals surface area (Å²) < 4.78 is 6.94. The molecule has 0 amide bonds. The lowest BCUT2D eigenvalue weighted by molar-refractivity contribution is -0.137. The van der Waals surface area contributed by atoms with Crippen LogP contribution in [0.4, 0.5) is 0 Å². The van der Waals surface area contributed by atoms with E-state index in [9.17, 15) is 0 Å². The van der Waals surface area contributed by atoms with E-state index >= 15 is 0 Å². The second kappa shape index (κ2) is 6.32. The van der Waals surface area contributed by atoms with Crippen molar-refractivity contribution < 1.29 is 4.74 Å². The molecular formula is C15H22BrClN2O. The van der Waals surface area contributed by atoms with Crippen LogP contribution in [0.3, 0.4) is 0 Å². The number of hydrogen-bond donors (Lipinski definition) is 1. The van der Waals surface area contributed by atoms with Gasteiger partial charge in [-0.2, -0.15) is 0 Å². The van der Waals surface area contributed by atoms with Gasteiger partial charge in [0.25, 0.3) is 0 Å². The second-order valence-electron chi connectivity index (χ2n) is 6.03. The van der Waals surface area contributed by atoms with E-state index < -0.39 is 0 Å². The van der Waals surface area contributed by atoms with E-state index in [0.29, 0.717) is 6.54 Å². The molecule has 0 bridgehead atoms. The number of halogens is 2. The van der Waals surface area contributed by atoms with E-state index in [1.54, 1.807) is 0 Å². The summed E-state index contributed by atoms with van der Waals surface area (Å²) in [7, 11) is 0. The molecule has 1 aromatic rings. The SMILES string of the molecule is CC1CN(C(CN)c2ccc(Br)cc2Cl)CC(C)(C)O1. The van der Waals surface area contributed by atoms with Gasteiger partial charge in [0.15, 0.2) is 0 Å². The second-order valence-corrected chi connectivity index (χ2v) is 7.36. The summed E-state index contributed by atoms with van der Waals surface area (Å²) in [5.74, 6) is 0. The van der Waals surface area contributed by atoms with E-state index in [-0.39, 0.29) is 17.7 Å². The maximum Gasteiger partial charge on any atom is 0.0757 e. The predicted molar refractivity (Wildman–Crippen MR) is 87.1 cm³/mol. The first-order valence-corrected chi connectivity index (χ1v) is 8.06. The molecule has 1 aromatic carbocycles. The summed E-state index contributed by atoms with van der Waals surface area (Å²) in [6.07, 6.45) is 0.196. The fourth-order valence-electron chi connectivity index (χ4n) is 2.98. The van der Waals surface area contributed by atoms with Gasteiger partial charge in [0.05, 0.1) is 11.7 Å². The first-order chi connectivity index (χ1) is 9.32. The molecule has 1 saturated heterocycles. The van der Waals surface area contributed by atoms with Gasteiger partial charge in [0, 0.05) is 35.2 Å². The van der Waals surface area contributed by atoms with Crippen LogP contribution in [-0.4, -0.2) is 36.2 Å². The fraction of sp³-hybridized carbons (Fsp3) is 0.600. The summed E-state index contributed by atoms with van der Waals surface area (Å²) >= 11 is 9.83. The van der Waals surface area contributed by atoms with Gasteiger partial charge in [0.1, 0.15) is 0 Å². The van der Waals surface area contributed by atoms with Crippen molar-refractivity contribution in [2.24, 2.45) is 5.73 Å². The number of nitrogens with two attached hydrogens (primary N) is 1. The Balaban J connectivity index is 2.27. The van der Waals surface area contributed by atoms with Crippen LogP contribution in [0.15, 0.2) is 22.7 Å². The molecule has 1 fully saturated rings. The Morgan fingerprint density at radius 2 is 2.25 bits per heavy atom. The predicted octanol–water partition coefficient (Wildman–Crippen LogP) is 3.60. The maximum absolute atomic E-state index is 6.39. The molecule has 1 heterocycles. The van der Waals surface area contributed by atoms with Crippen molar-refractivity contribution in [1.29, 1.82) is 0 Å². The minimum Gasteiger partial charge on any atom is -0.370 e. The molecule has 3 nitrogen and oxygen atoms in total. The summed E-state index contributed by atoms with van der Waals surface area (Å²) in [5.41, 5.74) is 6.95. The number of rotatable bonds is 3. The molecule has 112 valence electrons. The lowest BCUT2D eigenvalue weighted by Crippen LogP contribution is -2.53. The Bertz CT molecular complexity index is 481. The topological polar surface area (TPSA) is 38.5 Å². The largest absolute Gasteiger partial charge is 0.370 e. The average Bonchev–Trinajstić information content (AvgIpc) is 2.30. The third-order valence-electron chi connectivity index (χ3n) is 3.58. The molecular weight excluding hydrogens is 340 g/mol. The molecule has 0 aromatic heterocycles. The van der Waals surface area contributed by atoms with Crippen molar-refractivity contribution in [3.8, 4) is 0 Å². The van der Waals surface area contributed by atoms with E-state index in [1.165, 1.54) is 0 Å². The van der Waals surface area contributed by atoms with Crippen molar-refractivity contribution in [1.82, 2.24) is 4.90 Å². The molecule has 0 spiro atoms. The van der Waals surface area contributed by atoms with Gasteiger partial charge in [-0.1, -0.05) is 33.6 Å². The zero-order valence-electron chi connectivity index (χ0n) is 12.2. The van der Waals surface area contributed by atoms with Crippen LogP contribution >= 0.6 is 27.5 Å². The number of benzene rings is 1. The Morgan fingerprint density at radius 3 is 2.80 bits per heavy atom. The third kappa shape index (κ3) is 3.74. The van der Waals surface area contributed by atoms with Crippen LogP contribution < -0.4 is 5.73 Å². The first-order valence-electron chi connectivity index (χ1n) is 6.89. The highest BCUT2D eigenvalue weighted by atomic mass is 79.9. The van der Waals surface area contributed by atoms with Crippen molar-refractivity contribution in [2.45, 2.75) is 38.5 Å². The molecule has 2 N–H and O–H groups in total. The summed E-state index contributed by atoms with van der Waals surface area (Å²) in [4.78, 5) is 2.38. The van der Waals surface area contributed by atoms with Gasteiger partial charge in [-0.25, -0.2) is 0 Å².